The van der Waals surface area contributed by atoms with Gasteiger partial charge in [-0.15, -0.1) is 11.3 Å². The van der Waals surface area contributed by atoms with Gasteiger partial charge in [-0.25, -0.2) is 9.78 Å². The number of hydrogen-bond donors (Lipinski definition) is 2. The van der Waals surface area contributed by atoms with Crippen LogP contribution in [0.15, 0.2) is 29.8 Å². The second kappa shape index (κ2) is 5.10. The average Bonchev–Trinajstić information content (AvgIpc) is 3.17. The lowest BCUT2D eigenvalue weighted by molar-refractivity contribution is -0.116. The molecule has 1 atom stereocenters. The first-order valence-corrected chi connectivity index (χ1v) is 7.99. The van der Waals surface area contributed by atoms with Crippen LogP contribution in [0.1, 0.15) is 22.9 Å². The van der Waals surface area contributed by atoms with Crippen LogP contribution in [0.25, 0.3) is 0 Å². The van der Waals surface area contributed by atoms with Crippen molar-refractivity contribution in [1.29, 1.82) is 0 Å². The van der Waals surface area contributed by atoms with E-state index >= 15 is 0 Å². The Morgan fingerprint density at radius 2 is 2.23 bits per heavy atom. The number of urea groups is 1. The molecule has 112 valence electrons. The summed E-state index contributed by atoms with van der Waals surface area (Å²) in [4.78, 5) is 29.8. The van der Waals surface area contributed by atoms with Crippen molar-refractivity contribution in [3.8, 4) is 0 Å². The Morgan fingerprint density at radius 3 is 2.95 bits per heavy atom. The third-order valence-electron chi connectivity index (χ3n) is 3.99. The molecule has 1 unspecified atom stereocenters. The van der Waals surface area contributed by atoms with Gasteiger partial charge in [-0.2, -0.15) is 0 Å². The summed E-state index contributed by atoms with van der Waals surface area (Å²) in [7, 11) is 0. The van der Waals surface area contributed by atoms with Crippen molar-refractivity contribution in [2.75, 3.05) is 23.3 Å². The first-order chi connectivity index (χ1) is 10.7. The molecule has 2 aromatic rings. The van der Waals surface area contributed by atoms with Gasteiger partial charge in [-0.05, 0) is 17.7 Å². The molecule has 1 aromatic carbocycles. The highest BCUT2D eigenvalue weighted by Crippen LogP contribution is 2.39. The van der Waals surface area contributed by atoms with Crippen LogP contribution in [-0.4, -0.2) is 30.0 Å². The number of anilines is 2. The van der Waals surface area contributed by atoms with E-state index < -0.39 is 0 Å². The summed E-state index contributed by atoms with van der Waals surface area (Å²) in [5, 5.41) is 8.56. The summed E-state index contributed by atoms with van der Waals surface area (Å²) >= 11 is 1.56. The van der Waals surface area contributed by atoms with E-state index in [0.717, 1.165) is 21.9 Å². The summed E-state index contributed by atoms with van der Waals surface area (Å²) in [6.07, 6.45) is 2.17. The molecule has 0 aliphatic carbocycles. The number of thiazole rings is 1. The molecule has 3 heterocycles. The second-order valence-corrected chi connectivity index (χ2v) is 6.26. The van der Waals surface area contributed by atoms with Crippen LogP contribution < -0.4 is 15.5 Å². The lowest BCUT2D eigenvalue weighted by Crippen LogP contribution is -2.28. The van der Waals surface area contributed by atoms with Crippen molar-refractivity contribution in [1.82, 2.24) is 10.3 Å². The zero-order valence-corrected chi connectivity index (χ0v) is 12.5. The molecular formula is C15H14N4O2S. The van der Waals surface area contributed by atoms with E-state index in [9.17, 15) is 9.59 Å². The van der Waals surface area contributed by atoms with Crippen LogP contribution in [0.5, 0.6) is 0 Å². The molecule has 1 aromatic heterocycles. The van der Waals surface area contributed by atoms with Crippen LogP contribution in [0, 0.1) is 0 Å². The fraction of sp³-hybridized carbons (Fsp3) is 0.267. The van der Waals surface area contributed by atoms with Crippen molar-refractivity contribution in [2.45, 2.75) is 12.3 Å². The lowest BCUT2D eigenvalue weighted by Gasteiger charge is -2.26. The summed E-state index contributed by atoms with van der Waals surface area (Å²) in [5.41, 5.74) is 2.63. The summed E-state index contributed by atoms with van der Waals surface area (Å²) < 4.78 is 0. The van der Waals surface area contributed by atoms with Gasteiger partial charge < -0.3 is 10.6 Å². The molecule has 0 bridgehead atoms. The van der Waals surface area contributed by atoms with Gasteiger partial charge in [0.2, 0.25) is 5.91 Å². The molecule has 1 saturated heterocycles. The zero-order valence-electron chi connectivity index (χ0n) is 11.7. The standard InChI is InChI=1S/C15H14N4O2S/c20-13-8-11(14-16-4-6-22-14)10-2-1-9(7-12(10)18-13)19-5-3-17-15(19)21/h1-2,4,6-7,11H,3,5,8H2,(H,17,21)(H,18,20). The number of fused-ring (bicyclic) bond motifs is 1. The smallest absolute Gasteiger partial charge is 0.321 e. The van der Waals surface area contributed by atoms with Gasteiger partial charge in [0.1, 0.15) is 5.01 Å². The fourth-order valence-electron chi connectivity index (χ4n) is 2.97. The molecule has 22 heavy (non-hydrogen) atoms. The predicted octanol–water partition coefficient (Wildman–Crippen LogP) is 2.15. The maximum atomic E-state index is 12.0. The lowest BCUT2D eigenvalue weighted by atomic mass is 9.90. The third kappa shape index (κ3) is 2.14. The van der Waals surface area contributed by atoms with E-state index in [4.69, 9.17) is 0 Å². The number of nitrogens with one attached hydrogen (secondary N) is 2. The van der Waals surface area contributed by atoms with Crippen LogP contribution in [-0.2, 0) is 4.79 Å². The predicted molar refractivity (Wildman–Crippen MR) is 84.4 cm³/mol. The van der Waals surface area contributed by atoms with E-state index in [1.165, 1.54) is 0 Å². The number of aromatic nitrogens is 1. The Labute approximate surface area is 131 Å². The Kier molecular flexibility index (Phi) is 3.07. The molecule has 7 heteroatoms. The zero-order chi connectivity index (χ0) is 15.1. The number of amides is 3. The summed E-state index contributed by atoms with van der Waals surface area (Å²) in [6, 6.07) is 5.69. The average molecular weight is 314 g/mol. The van der Waals surface area contributed by atoms with Gasteiger partial charge in [-0.3, -0.25) is 9.69 Å². The van der Waals surface area contributed by atoms with Gasteiger partial charge >= 0.3 is 6.03 Å². The topological polar surface area (TPSA) is 74.3 Å². The Hall–Kier alpha value is -2.41. The molecule has 4 rings (SSSR count). The van der Waals surface area contributed by atoms with Gasteiger partial charge in [0.15, 0.2) is 0 Å². The number of hydrogen-bond acceptors (Lipinski definition) is 4. The van der Waals surface area contributed by atoms with Gasteiger partial charge in [0.05, 0.1) is 0 Å². The van der Waals surface area contributed by atoms with Crippen LogP contribution >= 0.6 is 11.3 Å². The Bertz CT molecular complexity index is 744. The Balaban J connectivity index is 1.74. The number of nitrogens with zero attached hydrogens (tertiary/aromatic N) is 2. The summed E-state index contributed by atoms with van der Waals surface area (Å²) in [5.74, 6) is -0.0269. The molecule has 2 aliphatic heterocycles. The minimum Gasteiger partial charge on any atom is -0.336 e. The molecule has 2 aliphatic rings. The number of benzene rings is 1. The van der Waals surface area contributed by atoms with Crippen LogP contribution in [0.2, 0.25) is 0 Å². The minimum atomic E-state index is -0.0986. The van der Waals surface area contributed by atoms with E-state index in [0.29, 0.717) is 19.5 Å². The fourth-order valence-corrected chi connectivity index (χ4v) is 3.72. The van der Waals surface area contributed by atoms with Crippen molar-refractivity contribution in [2.24, 2.45) is 0 Å². The molecule has 2 N–H and O–H groups in total. The highest BCUT2D eigenvalue weighted by molar-refractivity contribution is 7.09. The molecule has 0 radical (unpaired) electrons. The molecular weight excluding hydrogens is 300 g/mol. The second-order valence-electron chi connectivity index (χ2n) is 5.33. The van der Waals surface area contributed by atoms with E-state index in [1.807, 2.05) is 23.6 Å². The highest BCUT2D eigenvalue weighted by Gasteiger charge is 2.29. The number of carbonyl (C=O) groups is 2. The number of carbonyl (C=O) groups excluding carboxylic acids is 2. The summed E-state index contributed by atoms with van der Waals surface area (Å²) in [6.45, 7) is 1.28. The molecule has 0 spiro atoms. The van der Waals surface area contributed by atoms with E-state index in [1.54, 1.807) is 22.4 Å². The van der Waals surface area contributed by atoms with Gasteiger partial charge in [-0.1, -0.05) is 6.07 Å². The van der Waals surface area contributed by atoms with Gasteiger partial charge in [0, 0.05) is 48.4 Å². The van der Waals surface area contributed by atoms with Crippen molar-refractivity contribution in [3.05, 3.63) is 40.3 Å². The van der Waals surface area contributed by atoms with Crippen molar-refractivity contribution >= 4 is 34.6 Å². The largest absolute Gasteiger partial charge is 0.336 e. The van der Waals surface area contributed by atoms with Crippen LogP contribution in [0.3, 0.4) is 0 Å². The van der Waals surface area contributed by atoms with E-state index in [2.05, 4.69) is 15.6 Å². The molecule has 6 nitrogen and oxygen atoms in total. The quantitative estimate of drug-likeness (QED) is 0.892. The maximum absolute atomic E-state index is 12.0. The first-order valence-electron chi connectivity index (χ1n) is 7.11. The molecule has 3 amide bonds. The van der Waals surface area contributed by atoms with E-state index in [-0.39, 0.29) is 17.9 Å². The SMILES string of the molecule is O=C1CC(c2nccs2)c2ccc(N3CCNC3=O)cc2N1. The normalized spacial score (nSPS) is 20.5. The third-order valence-corrected chi connectivity index (χ3v) is 4.88. The maximum Gasteiger partial charge on any atom is 0.321 e. The van der Waals surface area contributed by atoms with Crippen LogP contribution in [0.4, 0.5) is 16.2 Å². The monoisotopic (exact) mass is 314 g/mol. The molecule has 0 saturated carbocycles. The van der Waals surface area contributed by atoms with Crippen molar-refractivity contribution < 1.29 is 9.59 Å². The van der Waals surface area contributed by atoms with Crippen molar-refractivity contribution in [3.63, 3.8) is 0 Å². The van der Waals surface area contributed by atoms with Gasteiger partial charge in [0.25, 0.3) is 0 Å². The Morgan fingerprint density at radius 1 is 1.32 bits per heavy atom. The first kappa shape index (κ1) is 13.3. The molecule has 1 fully saturated rings. The number of rotatable bonds is 2. The minimum absolute atomic E-state index is 0.00907. The highest BCUT2D eigenvalue weighted by atomic mass is 32.1.